The van der Waals surface area contributed by atoms with E-state index in [-0.39, 0.29) is 11.1 Å². The highest BCUT2D eigenvalue weighted by Crippen LogP contribution is 2.22. The van der Waals surface area contributed by atoms with Crippen molar-refractivity contribution in [3.63, 3.8) is 0 Å². The van der Waals surface area contributed by atoms with Crippen LogP contribution in [0.1, 0.15) is 22.0 Å². The van der Waals surface area contributed by atoms with Crippen molar-refractivity contribution in [2.45, 2.75) is 12.5 Å². The Kier molecular flexibility index (Phi) is 3.74. The van der Waals surface area contributed by atoms with Crippen molar-refractivity contribution < 1.29 is 18.3 Å². The highest BCUT2D eigenvalue weighted by molar-refractivity contribution is 5.91. The Labute approximate surface area is 85.8 Å². The van der Waals surface area contributed by atoms with E-state index in [9.17, 15) is 13.6 Å². The maximum absolute atomic E-state index is 12.4. The van der Waals surface area contributed by atoms with Gasteiger partial charge in [0.1, 0.15) is 0 Å². The lowest BCUT2D eigenvalue weighted by atomic mass is 10.0. The number of carbonyl (C=O) groups is 1. The summed E-state index contributed by atoms with van der Waals surface area (Å²) in [6, 6.07) is 4.44. The molecule has 0 aliphatic carbocycles. The number of benzene rings is 1. The van der Waals surface area contributed by atoms with Crippen LogP contribution in [0, 0.1) is 0 Å². The van der Waals surface area contributed by atoms with E-state index in [2.05, 4.69) is 4.74 Å². The number of hydrogen-bond acceptors (Lipinski definition) is 3. The van der Waals surface area contributed by atoms with Crippen LogP contribution in [0.2, 0.25) is 0 Å². The van der Waals surface area contributed by atoms with E-state index in [1.54, 1.807) is 12.1 Å². The summed E-state index contributed by atoms with van der Waals surface area (Å²) in [7, 11) is 1.19. The minimum atomic E-state index is -2.71. The maximum Gasteiger partial charge on any atom is 0.338 e. The van der Waals surface area contributed by atoms with Crippen molar-refractivity contribution in [2.24, 2.45) is 5.73 Å². The standard InChI is InChI=1S/C10H11F2NO2/c1-15-10(14)7-5-3-2-4-6(7)8(13)9(11)12/h2-5,8-9H,13H2,1H3/t8-/m1/s1. The van der Waals surface area contributed by atoms with Gasteiger partial charge in [0.2, 0.25) is 0 Å². The second-order valence-corrected chi connectivity index (χ2v) is 2.94. The molecule has 0 heterocycles. The first kappa shape index (κ1) is 11.6. The number of methoxy groups -OCH3 is 1. The average molecular weight is 215 g/mol. The Balaban J connectivity index is 3.11. The molecular weight excluding hydrogens is 204 g/mol. The molecule has 0 saturated heterocycles. The van der Waals surface area contributed by atoms with E-state index in [1.807, 2.05) is 0 Å². The van der Waals surface area contributed by atoms with Gasteiger partial charge in [-0.05, 0) is 11.6 Å². The molecule has 0 fully saturated rings. The minimum Gasteiger partial charge on any atom is -0.465 e. The third-order valence-corrected chi connectivity index (χ3v) is 2.00. The molecule has 0 saturated carbocycles. The Bertz CT molecular complexity index is 355. The number of halogens is 2. The van der Waals surface area contributed by atoms with E-state index in [4.69, 9.17) is 5.73 Å². The number of alkyl halides is 2. The summed E-state index contributed by atoms with van der Waals surface area (Å²) in [6.45, 7) is 0. The zero-order valence-electron chi connectivity index (χ0n) is 8.11. The molecule has 15 heavy (non-hydrogen) atoms. The van der Waals surface area contributed by atoms with Crippen molar-refractivity contribution in [3.05, 3.63) is 35.4 Å². The van der Waals surface area contributed by atoms with Crippen molar-refractivity contribution >= 4 is 5.97 Å². The molecule has 0 aliphatic heterocycles. The molecule has 5 heteroatoms. The molecule has 0 aromatic heterocycles. The molecule has 0 bridgehead atoms. The molecule has 2 N–H and O–H groups in total. The predicted molar refractivity (Wildman–Crippen MR) is 50.7 cm³/mol. The molecule has 0 unspecified atom stereocenters. The molecule has 0 spiro atoms. The summed E-state index contributed by atoms with van der Waals surface area (Å²) in [5, 5.41) is 0. The second kappa shape index (κ2) is 4.84. The van der Waals surface area contributed by atoms with Gasteiger partial charge in [0.15, 0.2) is 0 Å². The molecule has 1 atom stereocenters. The molecule has 0 aliphatic rings. The zero-order valence-corrected chi connectivity index (χ0v) is 8.11. The summed E-state index contributed by atoms with van der Waals surface area (Å²) in [6.07, 6.45) is -2.71. The van der Waals surface area contributed by atoms with E-state index in [1.165, 1.54) is 19.2 Å². The fraction of sp³-hybridized carbons (Fsp3) is 0.300. The number of ether oxygens (including phenoxy) is 1. The summed E-state index contributed by atoms with van der Waals surface area (Å²) in [5.41, 5.74) is 5.45. The average Bonchev–Trinajstić information content (AvgIpc) is 2.27. The Morgan fingerprint density at radius 2 is 2.00 bits per heavy atom. The molecule has 0 amide bonds. The minimum absolute atomic E-state index is 0.0767. The van der Waals surface area contributed by atoms with E-state index >= 15 is 0 Å². The van der Waals surface area contributed by atoms with Crippen molar-refractivity contribution in [1.29, 1.82) is 0 Å². The van der Waals surface area contributed by atoms with Gasteiger partial charge in [-0.25, -0.2) is 13.6 Å². The van der Waals surface area contributed by atoms with Crippen LogP contribution in [0.5, 0.6) is 0 Å². The Morgan fingerprint density at radius 1 is 1.40 bits per heavy atom. The maximum atomic E-state index is 12.4. The van der Waals surface area contributed by atoms with Crippen molar-refractivity contribution in [3.8, 4) is 0 Å². The van der Waals surface area contributed by atoms with Gasteiger partial charge < -0.3 is 10.5 Å². The molecule has 82 valence electrons. The van der Waals surface area contributed by atoms with Crippen LogP contribution in [0.25, 0.3) is 0 Å². The third-order valence-electron chi connectivity index (χ3n) is 2.00. The van der Waals surface area contributed by atoms with Crippen molar-refractivity contribution in [1.82, 2.24) is 0 Å². The van der Waals surface area contributed by atoms with Gasteiger partial charge in [-0.1, -0.05) is 18.2 Å². The van der Waals surface area contributed by atoms with Gasteiger partial charge in [0.05, 0.1) is 18.7 Å². The molecule has 0 radical (unpaired) electrons. The van der Waals surface area contributed by atoms with Crippen LogP contribution in [-0.4, -0.2) is 19.5 Å². The molecule has 1 aromatic rings. The largest absolute Gasteiger partial charge is 0.465 e. The first-order valence-electron chi connectivity index (χ1n) is 4.29. The number of rotatable bonds is 3. The molecule has 3 nitrogen and oxygen atoms in total. The predicted octanol–water partition coefficient (Wildman–Crippen LogP) is 1.74. The highest BCUT2D eigenvalue weighted by Gasteiger charge is 2.23. The fourth-order valence-electron chi connectivity index (χ4n) is 1.22. The summed E-state index contributed by atoms with van der Waals surface area (Å²) in [5.74, 6) is -0.665. The van der Waals surface area contributed by atoms with Gasteiger partial charge in [-0.3, -0.25) is 0 Å². The van der Waals surface area contributed by atoms with Crippen LogP contribution < -0.4 is 5.73 Å². The number of esters is 1. The van der Waals surface area contributed by atoms with Crippen LogP contribution in [-0.2, 0) is 4.74 Å². The second-order valence-electron chi connectivity index (χ2n) is 2.94. The third kappa shape index (κ3) is 2.50. The summed E-state index contributed by atoms with van der Waals surface area (Å²) in [4.78, 5) is 11.2. The molecular formula is C10H11F2NO2. The van der Waals surface area contributed by atoms with Gasteiger partial charge >= 0.3 is 5.97 Å². The lowest BCUT2D eigenvalue weighted by Crippen LogP contribution is -2.22. The quantitative estimate of drug-likeness (QED) is 0.781. The first-order chi connectivity index (χ1) is 7.07. The zero-order chi connectivity index (χ0) is 11.4. The molecule has 1 rings (SSSR count). The summed E-state index contributed by atoms with van der Waals surface area (Å²) >= 11 is 0. The first-order valence-corrected chi connectivity index (χ1v) is 4.29. The van der Waals surface area contributed by atoms with Crippen LogP contribution in [0.3, 0.4) is 0 Å². The van der Waals surface area contributed by atoms with Gasteiger partial charge in [0.25, 0.3) is 6.43 Å². The smallest absolute Gasteiger partial charge is 0.338 e. The molecule has 1 aromatic carbocycles. The SMILES string of the molecule is COC(=O)c1ccccc1[C@@H](N)C(F)F. The van der Waals surface area contributed by atoms with Gasteiger partial charge in [-0.2, -0.15) is 0 Å². The van der Waals surface area contributed by atoms with E-state index in [0.29, 0.717) is 0 Å². The van der Waals surface area contributed by atoms with Crippen LogP contribution in [0.15, 0.2) is 24.3 Å². The highest BCUT2D eigenvalue weighted by atomic mass is 19.3. The number of carbonyl (C=O) groups excluding carboxylic acids is 1. The van der Waals surface area contributed by atoms with Gasteiger partial charge in [-0.15, -0.1) is 0 Å². The van der Waals surface area contributed by atoms with E-state index in [0.717, 1.165) is 0 Å². The topological polar surface area (TPSA) is 52.3 Å². The number of hydrogen-bond donors (Lipinski definition) is 1. The fourth-order valence-corrected chi connectivity index (χ4v) is 1.22. The summed E-state index contributed by atoms with van der Waals surface area (Å²) < 4.78 is 29.2. The van der Waals surface area contributed by atoms with Crippen molar-refractivity contribution in [2.75, 3.05) is 7.11 Å². The lowest BCUT2D eigenvalue weighted by Gasteiger charge is -2.13. The normalized spacial score (nSPS) is 12.6. The number of nitrogens with two attached hydrogens (primary N) is 1. The van der Waals surface area contributed by atoms with E-state index < -0.39 is 18.4 Å². The Morgan fingerprint density at radius 3 is 2.53 bits per heavy atom. The van der Waals surface area contributed by atoms with Crippen LogP contribution in [0.4, 0.5) is 8.78 Å². The Hall–Kier alpha value is -1.49. The lowest BCUT2D eigenvalue weighted by molar-refractivity contribution is 0.0595. The van der Waals surface area contributed by atoms with Crippen LogP contribution >= 0.6 is 0 Å². The monoisotopic (exact) mass is 215 g/mol. The van der Waals surface area contributed by atoms with Gasteiger partial charge in [0, 0.05) is 0 Å².